The number of hydrogen-bond acceptors (Lipinski definition) is 7. The number of hydrogen-bond donors (Lipinski definition) is 1. The minimum absolute atomic E-state index is 0.0155. The third kappa shape index (κ3) is 3.36. The maximum absolute atomic E-state index is 13.1. The van der Waals surface area contributed by atoms with Gasteiger partial charge in [0.1, 0.15) is 5.75 Å². The first-order valence-corrected chi connectivity index (χ1v) is 9.55. The van der Waals surface area contributed by atoms with Crippen LogP contribution in [0.5, 0.6) is 5.75 Å². The van der Waals surface area contributed by atoms with Crippen LogP contribution in [-0.4, -0.2) is 34.5 Å². The molecule has 0 unspecified atom stereocenters. The number of nitrogen functional groups attached to an aromatic ring is 1. The molecule has 25 heavy (non-hydrogen) atoms. The maximum atomic E-state index is 13.1. The molecule has 1 aromatic carbocycles. The number of methoxy groups -OCH3 is 1. The zero-order valence-electron chi connectivity index (χ0n) is 14.6. The van der Waals surface area contributed by atoms with Crippen LogP contribution in [0.25, 0.3) is 5.57 Å². The third-order valence-electron chi connectivity index (χ3n) is 4.00. The summed E-state index contributed by atoms with van der Waals surface area (Å²) in [5, 5.41) is 8.14. The van der Waals surface area contributed by atoms with Gasteiger partial charge in [-0.25, -0.2) is 0 Å². The Balaban J connectivity index is 1.95. The maximum Gasteiger partial charge on any atom is 0.238 e. The van der Waals surface area contributed by atoms with Gasteiger partial charge in [0.2, 0.25) is 11.0 Å². The number of anilines is 2. The van der Waals surface area contributed by atoms with Gasteiger partial charge in [-0.2, -0.15) is 0 Å². The van der Waals surface area contributed by atoms with Crippen LogP contribution < -0.4 is 15.4 Å². The third-order valence-corrected chi connectivity index (χ3v) is 5.87. The molecule has 132 valence electrons. The van der Waals surface area contributed by atoms with Crippen LogP contribution >= 0.6 is 23.1 Å². The number of ether oxygens (including phenoxy) is 1. The summed E-state index contributed by atoms with van der Waals surface area (Å²) in [6.45, 7) is 6.11. The number of amides is 1. The van der Waals surface area contributed by atoms with Crippen molar-refractivity contribution in [2.24, 2.45) is 0 Å². The summed E-state index contributed by atoms with van der Waals surface area (Å²) < 4.78 is 6.22. The molecule has 2 heterocycles. The van der Waals surface area contributed by atoms with E-state index in [1.807, 2.05) is 36.9 Å². The number of fused-ring (bicyclic) bond motifs is 1. The van der Waals surface area contributed by atoms with E-state index in [9.17, 15) is 4.79 Å². The number of aromatic nitrogens is 2. The van der Waals surface area contributed by atoms with E-state index in [4.69, 9.17) is 10.5 Å². The molecular formula is C17H20N4O2S2. The first-order chi connectivity index (χ1) is 11.8. The van der Waals surface area contributed by atoms with Crippen LogP contribution in [-0.2, 0) is 4.79 Å². The minimum Gasteiger partial charge on any atom is -0.495 e. The zero-order valence-corrected chi connectivity index (χ0v) is 16.2. The molecule has 0 spiro atoms. The highest BCUT2D eigenvalue weighted by atomic mass is 32.2. The Bertz CT molecular complexity index is 845. The molecule has 2 aromatic rings. The highest BCUT2D eigenvalue weighted by Gasteiger charge is 2.37. The van der Waals surface area contributed by atoms with E-state index >= 15 is 0 Å². The van der Waals surface area contributed by atoms with E-state index in [1.54, 1.807) is 7.11 Å². The van der Waals surface area contributed by atoms with Crippen molar-refractivity contribution in [1.29, 1.82) is 0 Å². The van der Waals surface area contributed by atoms with E-state index in [0.717, 1.165) is 16.8 Å². The van der Waals surface area contributed by atoms with Gasteiger partial charge in [0.15, 0.2) is 4.34 Å². The Morgan fingerprint density at radius 1 is 1.40 bits per heavy atom. The molecule has 0 radical (unpaired) electrons. The van der Waals surface area contributed by atoms with Crippen LogP contribution in [0.1, 0.15) is 26.3 Å². The van der Waals surface area contributed by atoms with Crippen molar-refractivity contribution in [1.82, 2.24) is 10.2 Å². The van der Waals surface area contributed by atoms with Crippen molar-refractivity contribution in [2.75, 3.05) is 23.5 Å². The number of nitrogens with two attached hydrogens (primary N) is 1. The SMILES string of the molecule is COc1cccc2c1N(C(=O)CSc1nnc(N)s1)C(C)(C)C=C2C. The minimum atomic E-state index is -0.455. The quantitative estimate of drug-likeness (QED) is 0.823. The zero-order chi connectivity index (χ0) is 18.2. The molecule has 6 nitrogen and oxygen atoms in total. The molecule has 3 rings (SSSR count). The summed E-state index contributed by atoms with van der Waals surface area (Å²) in [5.74, 6) is 0.928. The predicted molar refractivity (Wildman–Crippen MR) is 103 cm³/mol. The number of rotatable bonds is 4. The van der Waals surface area contributed by atoms with Crippen LogP contribution in [0, 0.1) is 0 Å². The van der Waals surface area contributed by atoms with Crippen molar-refractivity contribution in [3.05, 3.63) is 29.8 Å². The standard InChI is InChI=1S/C17H20N4O2S2/c1-10-8-17(2,3)21(14-11(10)6-5-7-12(14)23-4)13(22)9-24-16-20-19-15(18)25-16/h5-8H,9H2,1-4H3,(H2,18,19). The van der Waals surface area contributed by atoms with Gasteiger partial charge < -0.3 is 10.5 Å². The van der Waals surface area contributed by atoms with Crippen molar-refractivity contribution in [3.63, 3.8) is 0 Å². The number of carbonyl (C=O) groups is 1. The van der Waals surface area contributed by atoms with Gasteiger partial charge in [0.25, 0.3) is 0 Å². The van der Waals surface area contributed by atoms with Gasteiger partial charge in [-0.15, -0.1) is 10.2 Å². The van der Waals surface area contributed by atoms with Gasteiger partial charge in [-0.1, -0.05) is 41.3 Å². The lowest BCUT2D eigenvalue weighted by molar-refractivity contribution is -0.116. The summed E-state index contributed by atoms with van der Waals surface area (Å²) >= 11 is 2.63. The van der Waals surface area contributed by atoms with Crippen LogP contribution in [0.15, 0.2) is 28.6 Å². The van der Waals surface area contributed by atoms with Gasteiger partial charge >= 0.3 is 0 Å². The average Bonchev–Trinajstić information content (AvgIpc) is 2.97. The first-order valence-electron chi connectivity index (χ1n) is 7.75. The molecule has 0 saturated carbocycles. The summed E-state index contributed by atoms with van der Waals surface area (Å²) in [5.41, 5.74) is 8.10. The Labute approximate surface area is 155 Å². The molecule has 8 heteroatoms. The molecule has 2 N–H and O–H groups in total. The molecule has 1 aliphatic heterocycles. The van der Waals surface area contributed by atoms with Crippen molar-refractivity contribution in [3.8, 4) is 5.75 Å². The van der Waals surface area contributed by atoms with E-state index in [-0.39, 0.29) is 11.7 Å². The first kappa shape index (κ1) is 17.8. The predicted octanol–water partition coefficient (Wildman–Crippen LogP) is 3.45. The molecule has 0 aliphatic carbocycles. The summed E-state index contributed by atoms with van der Waals surface area (Å²) in [4.78, 5) is 14.9. The lowest BCUT2D eigenvalue weighted by Gasteiger charge is -2.42. The van der Waals surface area contributed by atoms with Crippen molar-refractivity contribution < 1.29 is 9.53 Å². The molecule has 0 fully saturated rings. The summed E-state index contributed by atoms with van der Waals surface area (Å²) in [6.07, 6.45) is 2.11. The van der Waals surface area contributed by atoms with E-state index in [1.165, 1.54) is 23.1 Å². The number of thioether (sulfide) groups is 1. The normalized spacial score (nSPS) is 15.5. The second-order valence-electron chi connectivity index (χ2n) is 6.26. The van der Waals surface area contributed by atoms with E-state index in [2.05, 4.69) is 23.2 Å². The van der Waals surface area contributed by atoms with Crippen LogP contribution in [0.2, 0.25) is 0 Å². The fourth-order valence-corrected chi connectivity index (χ4v) is 4.59. The largest absolute Gasteiger partial charge is 0.495 e. The highest BCUT2D eigenvalue weighted by Crippen LogP contribution is 2.44. The number of para-hydroxylation sites is 1. The Kier molecular flexibility index (Phi) is 4.75. The number of carbonyl (C=O) groups excluding carboxylic acids is 1. The highest BCUT2D eigenvalue weighted by molar-refractivity contribution is 8.01. The lowest BCUT2D eigenvalue weighted by atomic mass is 9.88. The van der Waals surface area contributed by atoms with Crippen molar-refractivity contribution in [2.45, 2.75) is 30.6 Å². The molecular weight excluding hydrogens is 356 g/mol. The van der Waals surface area contributed by atoms with Gasteiger partial charge in [-0.05, 0) is 32.4 Å². The fraction of sp³-hybridized carbons (Fsp3) is 0.353. The molecule has 1 aromatic heterocycles. The lowest BCUT2D eigenvalue weighted by Crippen LogP contribution is -2.49. The Hall–Kier alpha value is -2.06. The monoisotopic (exact) mass is 376 g/mol. The molecule has 1 amide bonds. The van der Waals surface area contributed by atoms with Crippen molar-refractivity contribution >= 4 is 45.4 Å². The second-order valence-corrected chi connectivity index (χ2v) is 8.49. The van der Waals surface area contributed by atoms with E-state index in [0.29, 0.717) is 15.2 Å². The van der Waals surface area contributed by atoms with Gasteiger partial charge in [-0.3, -0.25) is 9.69 Å². The second kappa shape index (κ2) is 6.68. The number of nitrogens with zero attached hydrogens (tertiary/aromatic N) is 3. The number of allylic oxidation sites excluding steroid dienone is 1. The smallest absolute Gasteiger partial charge is 0.238 e. The summed E-state index contributed by atoms with van der Waals surface area (Å²) in [6, 6.07) is 5.83. The number of benzene rings is 1. The van der Waals surface area contributed by atoms with Crippen LogP contribution in [0.3, 0.4) is 0 Å². The molecule has 0 saturated heterocycles. The van der Waals surface area contributed by atoms with E-state index < -0.39 is 5.54 Å². The van der Waals surface area contributed by atoms with Crippen LogP contribution in [0.4, 0.5) is 10.8 Å². The summed E-state index contributed by atoms with van der Waals surface area (Å²) in [7, 11) is 1.62. The Morgan fingerprint density at radius 2 is 2.16 bits per heavy atom. The fourth-order valence-electron chi connectivity index (χ4n) is 3.11. The average molecular weight is 377 g/mol. The Morgan fingerprint density at radius 3 is 2.80 bits per heavy atom. The topological polar surface area (TPSA) is 81.3 Å². The molecule has 0 bridgehead atoms. The van der Waals surface area contributed by atoms with Gasteiger partial charge in [0.05, 0.1) is 24.1 Å². The molecule has 0 atom stereocenters. The molecule has 1 aliphatic rings. The van der Waals surface area contributed by atoms with Gasteiger partial charge in [0, 0.05) is 5.56 Å².